The van der Waals surface area contributed by atoms with E-state index in [-0.39, 0.29) is 0 Å². The number of aryl methyl sites for hydroxylation is 1. The fourth-order valence-corrected chi connectivity index (χ4v) is 1.45. The second kappa shape index (κ2) is 3.32. The van der Waals surface area contributed by atoms with Gasteiger partial charge in [0.05, 0.1) is 0 Å². The maximum atomic E-state index is 4.43. The molecule has 0 amide bonds. The Morgan fingerprint density at radius 1 is 1.46 bits per heavy atom. The molecule has 1 N–H and O–H groups in total. The van der Waals surface area contributed by atoms with Crippen LogP contribution < -0.4 is 5.32 Å². The van der Waals surface area contributed by atoms with Crippen LogP contribution >= 0.6 is 0 Å². The normalized spacial score (nSPS) is 15.8. The van der Waals surface area contributed by atoms with E-state index in [4.69, 9.17) is 0 Å². The minimum Gasteiger partial charge on any atom is -0.370 e. The first-order valence-corrected chi connectivity index (χ1v) is 4.89. The monoisotopic (exact) mass is 177 g/mol. The molecule has 1 aliphatic carbocycles. The summed E-state index contributed by atoms with van der Waals surface area (Å²) in [6.07, 6.45) is 2.59. The average Bonchev–Trinajstić information content (AvgIpc) is 2.85. The Balaban J connectivity index is 2.25. The minimum absolute atomic E-state index is 0.708. The van der Waals surface area contributed by atoms with Crippen molar-refractivity contribution in [2.24, 2.45) is 0 Å². The second-order valence-electron chi connectivity index (χ2n) is 3.53. The molecule has 3 nitrogen and oxygen atoms in total. The molecule has 1 fully saturated rings. The van der Waals surface area contributed by atoms with Crippen molar-refractivity contribution >= 4 is 5.82 Å². The number of aromatic nitrogens is 2. The predicted molar refractivity (Wildman–Crippen MR) is 52.9 cm³/mol. The first-order valence-electron chi connectivity index (χ1n) is 4.89. The molecule has 1 heterocycles. The lowest BCUT2D eigenvalue weighted by atomic mass is 10.2. The van der Waals surface area contributed by atoms with Gasteiger partial charge in [0.2, 0.25) is 0 Å². The zero-order valence-electron chi connectivity index (χ0n) is 8.17. The summed E-state index contributed by atoms with van der Waals surface area (Å²) in [6.45, 7) is 4.95. The molecule has 13 heavy (non-hydrogen) atoms. The summed E-state index contributed by atoms with van der Waals surface area (Å²) in [7, 11) is 0. The summed E-state index contributed by atoms with van der Waals surface area (Å²) in [5, 5.41) is 3.22. The SMILES string of the molecule is CCNc1cc(C2CC2)nc(C)n1. The lowest BCUT2D eigenvalue weighted by molar-refractivity contribution is 0.937. The quantitative estimate of drug-likeness (QED) is 0.768. The van der Waals surface area contributed by atoms with Crippen LogP contribution in [0.4, 0.5) is 5.82 Å². The average molecular weight is 177 g/mol. The van der Waals surface area contributed by atoms with Crippen LogP contribution in [-0.2, 0) is 0 Å². The fourth-order valence-electron chi connectivity index (χ4n) is 1.45. The zero-order chi connectivity index (χ0) is 9.26. The van der Waals surface area contributed by atoms with Gasteiger partial charge in [-0.15, -0.1) is 0 Å². The van der Waals surface area contributed by atoms with E-state index in [0.29, 0.717) is 5.92 Å². The van der Waals surface area contributed by atoms with Gasteiger partial charge in [-0.1, -0.05) is 0 Å². The van der Waals surface area contributed by atoms with Crippen LogP contribution in [0.1, 0.15) is 37.2 Å². The maximum absolute atomic E-state index is 4.43. The molecule has 1 saturated carbocycles. The molecule has 1 aromatic rings. The molecule has 0 unspecified atom stereocenters. The highest BCUT2D eigenvalue weighted by atomic mass is 15.0. The van der Waals surface area contributed by atoms with Crippen LogP contribution in [0, 0.1) is 6.92 Å². The van der Waals surface area contributed by atoms with Gasteiger partial charge in [-0.05, 0) is 26.7 Å². The third kappa shape index (κ3) is 1.97. The first kappa shape index (κ1) is 8.48. The highest BCUT2D eigenvalue weighted by Crippen LogP contribution is 2.39. The van der Waals surface area contributed by atoms with Crippen molar-refractivity contribution < 1.29 is 0 Å². The van der Waals surface area contributed by atoms with Gasteiger partial charge in [0.1, 0.15) is 11.6 Å². The standard InChI is InChI=1S/C10H15N3/c1-3-11-10-6-9(8-4-5-8)12-7(2)13-10/h6,8H,3-5H2,1-2H3,(H,11,12,13). The van der Waals surface area contributed by atoms with Crippen molar-refractivity contribution in [3.05, 3.63) is 17.6 Å². The Kier molecular flexibility index (Phi) is 2.17. The third-order valence-corrected chi connectivity index (χ3v) is 2.21. The van der Waals surface area contributed by atoms with Gasteiger partial charge < -0.3 is 5.32 Å². The van der Waals surface area contributed by atoms with Gasteiger partial charge in [0, 0.05) is 24.2 Å². The van der Waals surface area contributed by atoms with E-state index in [1.54, 1.807) is 0 Å². The molecule has 0 aromatic carbocycles. The van der Waals surface area contributed by atoms with E-state index in [0.717, 1.165) is 18.2 Å². The van der Waals surface area contributed by atoms with Crippen LogP contribution in [0.2, 0.25) is 0 Å². The van der Waals surface area contributed by atoms with Crippen LogP contribution in [0.25, 0.3) is 0 Å². The fraction of sp³-hybridized carbons (Fsp3) is 0.600. The smallest absolute Gasteiger partial charge is 0.129 e. The lowest BCUT2D eigenvalue weighted by Crippen LogP contribution is -2.03. The lowest BCUT2D eigenvalue weighted by Gasteiger charge is -2.05. The first-order chi connectivity index (χ1) is 6.29. The second-order valence-corrected chi connectivity index (χ2v) is 3.53. The van der Waals surface area contributed by atoms with E-state index >= 15 is 0 Å². The van der Waals surface area contributed by atoms with Crippen LogP contribution in [0.3, 0.4) is 0 Å². The summed E-state index contributed by atoms with van der Waals surface area (Å²) in [5.74, 6) is 2.55. The molecular weight excluding hydrogens is 162 g/mol. The van der Waals surface area contributed by atoms with Crippen LogP contribution in [-0.4, -0.2) is 16.5 Å². The molecule has 0 aliphatic heterocycles. The van der Waals surface area contributed by atoms with Crippen LogP contribution in [0.5, 0.6) is 0 Å². The van der Waals surface area contributed by atoms with Crippen molar-refractivity contribution in [3.63, 3.8) is 0 Å². The molecule has 0 saturated heterocycles. The van der Waals surface area contributed by atoms with Crippen molar-refractivity contribution in [1.29, 1.82) is 0 Å². The number of hydrogen-bond acceptors (Lipinski definition) is 3. The van der Waals surface area contributed by atoms with E-state index in [1.807, 2.05) is 6.92 Å². The largest absolute Gasteiger partial charge is 0.370 e. The van der Waals surface area contributed by atoms with Crippen molar-refractivity contribution in [2.45, 2.75) is 32.6 Å². The summed E-state index contributed by atoms with van der Waals surface area (Å²) in [4.78, 5) is 8.74. The Hall–Kier alpha value is -1.12. The molecule has 1 aromatic heterocycles. The Labute approximate surface area is 78.6 Å². The highest BCUT2D eigenvalue weighted by Gasteiger charge is 2.25. The molecule has 0 bridgehead atoms. The van der Waals surface area contributed by atoms with E-state index in [2.05, 4.69) is 28.3 Å². The van der Waals surface area contributed by atoms with E-state index in [1.165, 1.54) is 18.5 Å². The Morgan fingerprint density at radius 3 is 2.85 bits per heavy atom. The van der Waals surface area contributed by atoms with Gasteiger partial charge in [0.25, 0.3) is 0 Å². The van der Waals surface area contributed by atoms with Gasteiger partial charge in [-0.2, -0.15) is 0 Å². The predicted octanol–water partition coefficient (Wildman–Crippen LogP) is 2.09. The van der Waals surface area contributed by atoms with Crippen LogP contribution in [0.15, 0.2) is 6.07 Å². The maximum Gasteiger partial charge on any atom is 0.129 e. The van der Waals surface area contributed by atoms with Gasteiger partial charge >= 0.3 is 0 Å². The van der Waals surface area contributed by atoms with Crippen molar-refractivity contribution in [3.8, 4) is 0 Å². The number of hydrogen-bond donors (Lipinski definition) is 1. The van der Waals surface area contributed by atoms with E-state index < -0.39 is 0 Å². The van der Waals surface area contributed by atoms with Crippen molar-refractivity contribution in [1.82, 2.24) is 9.97 Å². The molecule has 2 rings (SSSR count). The third-order valence-electron chi connectivity index (χ3n) is 2.21. The van der Waals surface area contributed by atoms with Crippen molar-refractivity contribution in [2.75, 3.05) is 11.9 Å². The number of nitrogens with one attached hydrogen (secondary N) is 1. The molecular formula is C10H15N3. The molecule has 0 radical (unpaired) electrons. The molecule has 3 heteroatoms. The summed E-state index contributed by atoms with van der Waals surface area (Å²) in [5.41, 5.74) is 1.21. The van der Waals surface area contributed by atoms with Gasteiger partial charge in [-0.25, -0.2) is 9.97 Å². The number of rotatable bonds is 3. The van der Waals surface area contributed by atoms with E-state index in [9.17, 15) is 0 Å². The summed E-state index contributed by atoms with van der Waals surface area (Å²) >= 11 is 0. The molecule has 0 atom stereocenters. The molecule has 70 valence electrons. The summed E-state index contributed by atoms with van der Waals surface area (Å²) in [6, 6.07) is 2.08. The zero-order valence-corrected chi connectivity index (χ0v) is 8.17. The molecule has 0 spiro atoms. The minimum atomic E-state index is 0.708. The Bertz CT molecular complexity index is 305. The van der Waals surface area contributed by atoms with Gasteiger partial charge in [0.15, 0.2) is 0 Å². The summed E-state index contributed by atoms with van der Waals surface area (Å²) < 4.78 is 0. The Morgan fingerprint density at radius 2 is 2.23 bits per heavy atom. The number of nitrogens with zero attached hydrogens (tertiary/aromatic N) is 2. The molecule has 1 aliphatic rings. The number of anilines is 1. The highest BCUT2D eigenvalue weighted by molar-refractivity contribution is 5.37. The van der Waals surface area contributed by atoms with Gasteiger partial charge in [-0.3, -0.25) is 0 Å². The topological polar surface area (TPSA) is 37.8 Å².